The summed E-state index contributed by atoms with van der Waals surface area (Å²) in [5, 5.41) is 0. The summed E-state index contributed by atoms with van der Waals surface area (Å²) >= 11 is 6.06. The van der Waals surface area contributed by atoms with Crippen molar-refractivity contribution in [3.8, 4) is 5.88 Å². The molecule has 0 aliphatic heterocycles. The summed E-state index contributed by atoms with van der Waals surface area (Å²) in [6.45, 7) is 0. The number of hydrogen-bond donors (Lipinski definition) is 0. The van der Waals surface area contributed by atoms with E-state index < -0.39 is 7.04 Å². The summed E-state index contributed by atoms with van der Waals surface area (Å²) in [7, 11) is -2.63. The van der Waals surface area contributed by atoms with Crippen LogP contribution in [0.15, 0.2) is 21.2 Å². The van der Waals surface area contributed by atoms with Gasteiger partial charge in [-0.2, -0.15) is 0 Å². The second-order valence-electron chi connectivity index (χ2n) is 1.38. The molecule has 0 saturated heterocycles. The minimum atomic E-state index is -2.63. The molecule has 0 bridgehead atoms. The maximum atomic E-state index is 7.39. The normalized spacial score (nSPS) is 18.0. The average molecular weight is 272 g/mol. The van der Waals surface area contributed by atoms with Crippen molar-refractivity contribution in [2.45, 2.75) is 0 Å². The summed E-state index contributed by atoms with van der Waals surface area (Å²) < 4.78 is 40.3. The van der Waals surface area contributed by atoms with Crippen LogP contribution in [0.1, 0.15) is 6.85 Å². The number of pyridine rings is 1. The lowest BCUT2D eigenvalue weighted by molar-refractivity contribution is 0.394. The number of aromatic nitrogens is 1. The Morgan fingerprint density at radius 1 is 1.80 bits per heavy atom. The van der Waals surface area contributed by atoms with E-state index >= 15 is 0 Å². The molecule has 1 aromatic rings. The van der Waals surface area contributed by atoms with Crippen LogP contribution in [-0.2, 0) is 0 Å². The molecular formula is C6H5Br2NO. The Balaban J connectivity index is 3.21. The predicted octanol–water partition coefficient (Wildman–Crippen LogP) is 2.62. The largest absolute Gasteiger partial charge is 0.480 e. The number of nitrogens with zero attached hydrogens (tertiary/aromatic N) is 1. The fourth-order valence-electron chi connectivity index (χ4n) is 0.393. The van der Waals surface area contributed by atoms with Crippen LogP contribution in [0.4, 0.5) is 0 Å². The summed E-state index contributed by atoms with van der Waals surface area (Å²) in [6, 6.07) is -0.139. The van der Waals surface area contributed by atoms with E-state index in [2.05, 4.69) is 41.6 Å². The molecule has 0 amide bonds. The maximum Gasteiger partial charge on any atom is 0.228 e. The topological polar surface area (TPSA) is 22.1 Å². The SMILES string of the molecule is [2H]c1nc(OC([2H])([2H])[2H])c(Br)c(Br)c1[2H]. The molecule has 0 saturated carbocycles. The number of halogens is 2. The fourth-order valence-corrected chi connectivity index (χ4v) is 0.920. The fraction of sp³-hybridized carbons (Fsp3) is 0.167. The lowest BCUT2D eigenvalue weighted by atomic mass is 10.5. The highest BCUT2D eigenvalue weighted by Gasteiger charge is 2.02. The van der Waals surface area contributed by atoms with Crippen molar-refractivity contribution in [3.05, 3.63) is 21.2 Å². The van der Waals surface area contributed by atoms with Crippen LogP contribution in [0.3, 0.4) is 0 Å². The molecule has 10 heavy (non-hydrogen) atoms. The van der Waals surface area contributed by atoms with Crippen LogP contribution in [0.2, 0.25) is 0 Å². The highest BCUT2D eigenvalue weighted by atomic mass is 79.9. The third kappa shape index (κ3) is 1.49. The van der Waals surface area contributed by atoms with Gasteiger partial charge in [-0.15, -0.1) is 0 Å². The molecule has 0 aliphatic rings. The number of ether oxygens (including phenoxy) is 1. The molecule has 0 aliphatic carbocycles. The smallest absolute Gasteiger partial charge is 0.228 e. The van der Waals surface area contributed by atoms with Crippen LogP contribution in [0.25, 0.3) is 0 Å². The maximum absolute atomic E-state index is 7.39. The number of hydrogen-bond acceptors (Lipinski definition) is 2. The van der Waals surface area contributed by atoms with E-state index in [4.69, 9.17) is 6.85 Å². The average Bonchev–Trinajstić information content (AvgIpc) is 2.08. The number of rotatable bonds is 1. The minimum absolute atomic E-state index is 0.139. The van der Waals surface area contributed by atoms with E-state index in [-0.39, 0.29) is 27.0 Å². The molecule has 0 unspecified atom stereocenters. The highest BCUT2D eigenvalue weighted by molar-refractivity contribution is 9.13. The van der Waals surface area contributed by atoms with E-state index in [1.165, 1.54) is 0 Å². The van der Waals surface area contributed by atoms with Crippen LogP contribution < -0.4 is 4.74 Å². The molecule has 0 spiro atoms. The first-order valence-electron chi connectivity index (χ1n) is 4.73. The summed E-state index contributed by atoms with van der Waals surface area (Å²) in [5.41, 5.74) is 0. The molecule has 2 nitrogen and oxygen atoms in total. The quantitative estimate of drug-likeness (QED) is 0.784. The molecule has 0 radical (unpaired) electrons. The zero-order chi connectivity index (χ0) is 11.8. The molecule has 0 atom stereocenters. The van der Waals surface area contributed by atoms with Crippen molar-refractivity contribution in [3.63, 3.8) is 0 Å². The standard InChI is InChI=1S/C6H5Br2NO/c1-10-6-5(8)4(7)2-3-9-6/h2-3H,1H3/i1D3,2D,3D. The minimum Gasteiger partial charge on any atom is -0.480 e. The van der Waals surface area contributed by atoms with Gasteiger partial charge in [-0.05, 0) is 37.9 Å². The first-order chi connectivity index (χ1) is 6.72. The van der Waals surface area contributed by atoms with Crippen molar-refractivity contribution in [2.24, 2.45) is 0 Å². The van der Waals surface area contributed by atoms with Gasteiger partial charge in [0.2, 0.25) is 5.88 Å². The van der Waals surface area contributed by atoms with E-state index in [0.717, 1.165) is 0 Å². The third-order valence-corrected chi connectivity index (χ3v) is 2.66. The Morgan fingerprint density at radius 2 is 2.60 bits per heavy atom. The molecule has 54 valence electrons. The Morgan fingerprint density at radius 3 is 3.30 bits per heavy atom. The van der Waals surface area contributed by atoms with Gasteiger partial charge in [0.15, 0.2) is 0 Å². The van der Waals surface area contributed by atoms with E-state index in [1.807, 2.05) is 0 Å². The van der Waals surface area contributed by atoms with Gasteiger partial charge < -0.3 is 4.74 Å². The molecule has 0 fully saturated rings. The molecule has 1 rings (SSSR count). The van der Waals surface area contributed by atoms with Crippen molar-refractivity contribution in [1.82, 2.24) is 4.98 Å². The first-order valence-corrected chi connectivity index (χ1v) is 3.82. The van der Waals surface area contributed by atoms with Gasteiger partial charge in [0, 0.05) is 10.6 Å². The Kier molecular flexibility index (Phi) is 1.18. The lowest BCUT2D eigenvalue weighted by Crippen LogP contribution is -1.87. The van der Waals surface area contributed by atoms with Gasteiger partial charge in [-0.25, -0.2) is 4.98 Å². The summed E-state index contributed by atoms with van der Waals surface area (Å²) in [6.07, 6.45) is -0.357. The molecule has 1 heterocycles. The zero-order valence-corrected chi connectivity index (χ0v) is 7.78. The molecule has 4 heteroatoms. The second kappa shape index (κ2) is 3.34. The van der Waals surface area contributed by atoms with Gasteiger partial charge in [0.25, 0.3) is 0 Å². The van der Waals surface area contributed by atoms with Gasteiger partial charge in [-0.1, -0.05) is 0 Å². The third-order valence-electron chi connectivity index (χ3n) is 0.800. The number of methoxy groups -OCH3 is 1. The van der Waals surface area contributed by atoms with Crippen LogP contribution >= 0.6 is 31.9 Å². The van der Waals surface area contributed by atoms with Crippen molar-refractivity contribution in [2.75, 3.05) is 7.04 Å². The predicted molar refractivity (Wildman–Crippen MR) is 46.2 cm³/mol. The Bertz CT molecular complexity index is 394. The van der Waals surface area contributed by atoms with Crippen LogP contribution in [0.5, 0.6) is 5.88 Å². The van der Waals surface area contributed by atoms with Crippen LogP contribution in [0, 0.1) is 0 Å². The van der Waals surface area contributed by atoms with Gasteiger partial charge in [0.1, 0.15) is 0 Å². The van der Waals surface area contributed by atoms with E-state index in [0.29, 0.717) is 0 Å². The van der Waals surface area contributed by atoms with E-state index in [1.54, 1.807) is 0 Å². The summed E-state index contributed by atoms with van der Waals surface area (Å²) in [4.78, 5) is 3.54. The molecule has 1 aromatic heterocycles. The monoisotopic (exact) mass is 270 g/mol. The summed E-state index contributed by atoms with van der Waals surface area (Å²) in [5.74, 6) is -0.233. The highest BCUT2D eigenvalue weighted by Crippen LogP contribution is 2.29. The molecule has 0 aromatic carbocycles. The van der Waals surface area contributed by atoms with Crippen molar-refractivity contribution in [1.29, 1.82) is 0 Å². The second-order valence-corrected chi connectivity index (χ2v) is 2.97. The van der Waals surface area contributed by atoms with Gasteiger partial charge >= 0.3 is 0 Å². The first kappa shape index (κ1) is 3.54. The Hall–Kier alpha value is -0.0900. The van der Waals surface area contributed by atoms with Gasteiger partial charge in [-0.3, -0.25) is 0 Å². The Labute approximate surface area is 82.9 Å². The van der Waals surface area contributed by atoms with Crippen molar-refractivity contribution < 1.29 is 11.6 Å². The van der Waals surface area contributed by atoms with E-state index in [9.17, 15) is 0 Å². The van der Waals surface area contributed by atoms with Crippen LogP contribution in [-0.4, -0.2) is 12.0 Å². The zero-order valence-electron chi connectivity index (χ0n) is 9.61. The van der Waals surface area contributed by atoms with Crippen molar-refractivity contribution >= 4 is 31.9 Å². The molecular weight excluding hydrogens is 262 g/mol. The molecule has 0 N–H and O–H groups in total. The lowest BCUT2D eigenvalue weighted by Gasteiger charge is -2.01. The van der Waals surface area contributed by atoms with Gasteiger partial charge in [0.05, 0.1) is 18.4 Å².